The van der Waals surface area contributed by atoms with Crippen molar-refractivity contribution in [2.24, 2.45) is 5.73 Å². The molecule has 0 heterocycles. The molecule has 0 aliphatic carbocycles. The highest BCUT2D eigenvalue weighted by Gasteiger charge is 2.09. The summed E-state index contributed by atoms with van der Waals surface area (Å²) in [6.07, 6.45) is 0. The summed E-state index contributed by atoms with van der Waals surface area (Å²) in [7, 11) is 0. The molecule has 0 aromatic heterocycles. The highest BCUT2D eigenvalue weighted by Crippen LogP contribution is 2.22. The van der Waals surface area contributed by atoms with Gasteiger partial charge < -0.3 is 10.5 Å². The summed E-state index contributed by atoms with van der Waals surface area (Å²) in [5, 5.41) is 0. The number of benzene rings is 2. The first kappa shape index (κ1) is 15.6. The molecule has 0 radical (unpaired) electrons. The van der Waals surface area contributed by atoms with Crippen molar-refractivity contribution in [1.82, 2.24) is 0 Å². The minimum Gasteiger partial charge on any atom is -0.491 e. The second kappa shape index (κ2) is 6.77. The summed E-state index contributed by atoms with van der Waals surface area (Å²) < 4.78 is 5.89. The molecule has 0 aliphatic heterocycles. The van der Waals surface area contributed by atoms with Crippen LogP contribution in [0.15, 0.2) is 42.5 Å². The van der Waals surface area contributed by atoms with Crippen LogP contribution in [0, 0.1) is 13.8 Å². The van der Waals surface area contributed by atoms with Crippen LogP contribution in [0.2, 0.25) is 0 Å². The van der Waals surface area contributed by atoms with Gasteiger partial charge >= 0.3 is 0 Å². The zero-order valence-electron chi connectivity index (χ0n) is 13.4. The van der Waals surface area contributed by atoms with Gasteiger partial charge in [0, 0.05) is 0 Å². The molecular weight excluding hydrogens is 258 g/mol. The second-order valence-corrected chi connectivity index (χ2v) is 6.01. The number of ether oxygens (including phenoxy) is 1. The van der Waals surface area contributed by atoms with Gasteiger partial charge in [-0.15, -0.1) is 0 Å². The van der Waals surface area contributed by atoms with E-state index < -0.39 is 0 Å². The van der Waals surface area contributed by atoms with Crippen LogP contribution in [0.4, 0.5) is 0 Å². The van der Waals surface area contributed by atoms with E-state index in [1.807, 2.05) is 0 Å². The first-order chi connectivity index (χ1) is 9.97. The van der Waals surface area contributed by atoms with Gasteiger partial charge in [0.1, 0.15) is 12.4 Å². The lowest BCUT2D eigenvalue weighted by atomic mass is 9.99. The second-order valence-electron chi connectivity index (χ2n) is 6.01. The lowest BCUT2D eigenvalue weighted by Crippen LogP contribution is -2.19. The summed E-state index contributed by atoms with van der Waals surface area (Å²) in [5.41, 5.74) is 11.0. The molecule has 0 saturated carbocycles. The van der Waals surface area contributed by atoms with E-state index >= 15 is 0 Å². The van der Waals surface area contributed by atoms with E-state index in [4.69, 9.17) is 10.5 Å². The Hall–Kier alpha value is -1.80. The molecule has 2 heteroatoms. The van der Waals surface area contributed by atoms with Crippen molar-refractivity contribution in [1.29, 1.82) is 0 Å². The van der Waals surface area contributed by atoms with Crippen LogP contribution in [0.3, 0.4) is 0 Å². The molecule has 2 aromatic rings. The summed E-state index contributed by atoms with van der Waals surface area (Å²) in [6, 6.07) is 14.6. The first-order valence-corrected chi connectivity index (χ1v) is 7.53. The molecule has 0 saturated heterocycles. The molecule has 2 nitrogen and oxygen atoms in total. The maximum atomic E-state index is 6.23. The Morgan fingerprint density at radius 1 is 0.952 bits per heavy atom. The molecule has 0 aliphatic rings. The lowest BCUT2D eigenvalue weighted by molar-refractivity contribution is 0.288. The fourth-order valence-corrected chi connectivity index (χ4v) is 2.27. The Morgan fingerprint density at radius 2 is 1.57 bits per heavy atom. The maximum Gasteiger partial charge on any atom is 0.122 e. The van der Waals surface area contributed by atoms with Crippen molar-refractivity contribution in [3.63, 3.8) is 0 Å². The average Bonchev–Trinajstić information content (AvgIpc) is 2.48. The molecule has 2 N–H and O–H groups in total. The fraction of sp³-hybridized carbons (Fsp3) is 0.368. The summed E-state index contributed by atoms with van der Waals surface area (Å²) in [6.45, 7) is 9.00. The molecule has 0 fully saturated rings. The van der Waals surface area contributed by atoms with Gasteiger partial charge in [0.2, 0.25) is 0 Å². The van der Waals surface area contributed by atoms with Gasteiger partial charge in [0.15, 0.2) is 0 Å². The van der Waals surface area contributed by atoms with Crippen LogP contribution >= 0.6 is 0 Å². The Kier molecular flexibility index (Phi) is 5.03. The Balaban J connectivity index is 2.01. The number of nitrogens with two attached hydrogens (primary N) is 1. The van der Waals surface area contributed by atoms with E-state index in [-0.39, 0.29) is 6.04 Å². The minimum absolute atomic E-state index is 0.105. The van der Waals surface area contributed by atoms with E-state index in [2.05, 4.69) is 70.2 Å². The maximum absolute atomic E-state index is 6.23. The smallest absolute Gasteiger partial charge is 0.122 e. The van der Waals surface area contributed by atoms with Gasteiger partial charge in [-0.25, -0.2) is 0 Å². The highest BCUT2D eigenvalue weighted by molar-refractivity contribution is 5.36. The third-order valence-corrected chi connectivity index (χ3v) is 3.79. The van der Waals surface area contributed by atoms with Gasteiger partial charge in [-0.1, -0.05) is 50.2 Å². The van der Waals surface area contributed by atoms with Crippen molar-refractivity contribution in [3.05, 3.63) is 64.7 Å². The average molecular weight is 283 g/mol. The van der Waals surface area contributed by atoms with Crippen molar-refractivity contribution in [2.45, 2.75) is 39.7 Å². The topological polar surface area (TPSA) is 35.2 Å². The third kappa shape index (κ3) is 4.08. The fourth-order valence-electron chi connectivity index (χ4n) is 2.27. The highest BCUT2D eigenvalue weighted by atomic mass is 16.5. The molecule has 21 heavy (non-hydrogen) atoms. The van der Waals surface area contributed by atoms with Gasteiger partial charge in [-0.3, -0.25) is 0 Å². The first-order valence-electron chi connectivity index (χ1n) is 7.53. The van der Waals surface area contributed by atoms with Crippen LogP contribution in [0.1, 0.15) is 48.1 Å². The van der Waals surface area contributed by atoms with Gasteiger partial charge in [-0.2, -0.15) is 0 Å². The normalized spacial score (nSPS) is 12.5. The molecule has 0 amide bonds. The summed E-state index contributed by atoms with van der Waals surface area (Å²) >= 11 is 0. The number of hydrogen-bond donors (Lipinski definition) is 1. The van der Waals surface area contributed by atoms with E-state index in [0.29, 0.717) is 12.5 Å². The number of rotatable bonds is 5. The molecule has 1 unspecified atom stereocenters. The van der Waals surface area contributed by atoms with E-state index in [9.17, 15) is 0 Å². The van der Waals surface area contributed by atoms with Crippen LogP contribution < -0.4 is 10.5 Å². The predicted octanol–water partition coefficient (Wildman–Crippen LogP) is 4.51. The lowest BCUT2D eigenvalue weighted by Gasteiger charge is -2.16. The standard InChI is InChI=1S/C19H25NO/c1-13(2)16-7-9-17(10-8-16)18(20)12-21-19-11-14(3)5-6-15(19)4/h5-11,13,18H,12,20H2,1-4H3. The van der Waals surface area contributed by atoms with Crippen molar-refractivity contribution in [3.8, 4) is 5.75 Å². The van der Waals surface area contributed by atoms with Crippen LogP contribution in [0.5, 0.6) is 5.75 Å². The summed E-state index contributed by atoms with van der Waals surface area (Å²) in [5.74, 6) is 1.46. The predicted molar refractivity (Wildman–Crippen MR) is 88.9 cm³/mol. The Labute approximate surface area is 127 Å². The molecule has 2 aromatic carbocycles. The molecule has 2 rings (SSSR count). The number of aryl methyl sites for hydroxylation is 2. The van der Waals surface area contributed by atoms with E-state index in [1.165, 1.54) is 11.1 Å². The van der Waals surface area contributed by atoms with Gasteiger partial charge in [0.25, 0.3) is 0 Å². The quantitative estimate of drug-likeness (QED) is 0.876. The largest absolute Gasteiger partial charge is 0.491 e. The molecule has 112 valence electrons. The van der Waals surface area contributed by atoms with Crippen molar-refractivity contribution < 1.29 is 4.74 Å². The molecule has 1 atom stereocenters. The summed E-state index contributed by atoms with van der Waals surface area (Å²) in [4.78, 5) is 0. The zero-order chi connectivity index (χ0) is 15.4. The Bertz CT molecular complexity index is 587. The van der Waals surface area contributed by atoms with Crippen LogP contribution in [0.25, 0.3) is 0 Å². The molecule has 0 bridgehead atoms. The van der Waals surface area contributed by atoms with Crippen LogP contribution in [-0.4, -0.2) is 6.61 Å². The van der Waals surface area contributed by atoms with E-state index in [1.54, 1.807) is 0 Å². The van der Waals surface area contributed by atoms with Crippen molar-refractivity contribution in [2.75, 3.05) is 6.61 Å². The van der Waals surface area contributed by atoms with E-state index in [0.717, 1.165) is 16.9 Å². The number of hydrogen-bond acceptors (Lipinski definition) is 2. The third-order valence-electron chi connectivity index (χ3n) is 3.79. The molecule has 0 spiro atoms. The Morgan fingerprint density at radius 3 is 2.19 bits per heavy atom. The van der Waals surface area contributed by atoms with Gasteiger partial charge in [-0.05, 0) is 48.1 Å². The van der Waals surface area contributed by atoms with Crippen LogP contribution in [-0.2, 0) is 0 Å². The molecular formula is C19H25NO. The van der Waals surface area contributed by atoms with Gasteiger partial charge in [0.05, 0.1) is 6.04 Å². The monoisotopic (exact) mass is 283 g/mol. The zero-order valence-corrected chi connectivity index (χ0v) is 13.4. The van der Waals surface area contributed by atoms with Crippen molar-refractivity contribution >= 4 is 0 Å². The SMILES string of the molecule is Cc1ccc(C)c(OCC(N)c2ccc(C(C)C)cc2)c1. The minimum atomic E-state index is -0.105.